The lowest BCUT2D eigenvalue weighted by molar-refractivity contribution is -0.185. The Balaban J connectivity index is 1.53. The molecule has 1 aromatic heterocycles. The average molecular weight is 542 g/mol. The number of pyridine rings is 1. The van der Waals surface area contributed by atoms with Gasteiger partial charge in [-0.25, -0.2) is 29.2 Å². The predicted molar refractivity (Wildman–Crippen MR) is 137 cm³/mol. The molecule has 4 amide bonds. The van der Waals surface area contributed by atoms with Gasteiger partial charge < -0.3 is 10.4 Å². The Kier molecular flexibility index (Phi) is 9.42. The van der Waals surface area contributed by atoms with E-state index in [0.29, 0.717) is 12.8 Å². The molecule has 2 atom stereocenters. The fourth-order valence-corrected chi connectivity index (χ4v) is 5.17. The lowest BCUT2D eigenvalue weighted by atomic mass is 9.92. The van der Waals surface area contributed by atoms with Crippen molar-refractivity contribution >= 4 is 30.1 Å². The van der Waals surface area contributed by atoms with E-state index >= 15 is 0 Å². The average Bonchev–Trinajstić information content (AvgIpc) is 3.62. The van der Waals surface area contributed by atoms with Gasteiger partial charge in [0.1, 0.15) is 24.3 Å². The van der Waals surface area contributed by atoms with Crippen LogP contribution in [-0.2, 0) is 25.8 Å². The predicted octanol–water partition coefficient (Wildman–Crippen LogP) is 3.44. The van der Waals surface area contributed by atoms with E-state index in [-0.39, 0.29) is 37.9 Å². The molecule has 2 aromatic rings. The van der Waals surface area contributed by atoms with Crippen LogP contribution in [0.2, 0.25) is 0 Å². The zero-order valence-electron chi connectivity index (χ0n) is 21.4. The number of hydroxylamine groups is 2. The van der Waals surface area contributed by atoms with E-state index < -0.39 is 35.7 Å². The van der Waals surface area contributed by atoms with Crippen LogP contribution >= 0.6 is 0 Å². The van der Waals surface area contributed by atoms with Gasteiger partial charge in [0.2, 0.25) is 12.3 Å². The van der Waals surface area contributed by atoms with E-state index in [2.05, 4.69) is 10.3 Å². The summed E-state index contributed by atoms with van der Waals surface area (Å²) in [5.74, 6) is -2.28. The number of nitrogens with one attached hydrogen (secondary N) is 1. The number of nitrogens with zero attached hydrogens (tertiary/aromatic N) is 4. The number of carboxylic acid groups (broad SMARTS) is 1. The van der Waals surface area contributed by atoms with Crippen LogP contribution in [0, 0.1) is 17.7 Å². The van der Waals surface area contributed by atoms with Crippen LogP contribution in [0.5, 0.6) is 0 Å². The fourth-order valence-electron chi connectivity index (χ4n) is 5.17. The molecule has 11 nitrogen and oxygen atoms in total. The summed E-state index contributed by atoms with van der Waals surface area (Å²) in [6, 6.07) is 10.5. The Hall–Kier alpha value is -4.06. The third-order valence-corrected chi connectivity index (χ3v) is 7.10. The van der Waals surface area contributed by atoms with Gasteiger partial charge in [0.15, 0.2) is 0 Å². The minimum atomic E-state index is -1.37. The molecule has 2 fully saturated rings. The zero-order valence-corrected chi connectivity index (χ0v) is 21.4. The highest BCUT2D eigenvalue weighted by molar-refractivity contribution is 5.97. The maximum atomic E-state index is 14.0. The topological polar surface area (TPSA) is 132 Å². The molecular weight excluding hydrogens is 509 g/mol. The summed E-state index contributed by atoms with van der Waals surface area (Å²) in [5, 5.41) is 15.2. The normalized spacial score (nSPS) is 18.1. The first kappa shape index (κ1) is 28.0. The maximum absolute atomic E-state index is 14.0. The number of carbonyl (C=O) groups is 4. The molecule has 39 heavy (non-hydrogen) atoms. The van der Waals surface area contributed by atoms with Crippen molar-refractivity contribution in [3.63, 3.8) is 0 Å². The van der Waals surface area contributed by atoms with Crippen LogP contribution in [0.25, 0.3) is 0 Å². The second-order valence-corrected chi connectivity index (χ2v) is 9.79. The first-order valence-corrected chi connectivity index (χ1v) is 13.0. The van der Waals surface area contributed by atoms with Crippen molar-refractivity contribution in [3.8, 4) is 0 Å². The number of hydrazine groups is 1. The summed E-state index contributed by atoms with van der Waals surface area (Å²) in [5.41, 5.74) is 0.839. The quantitative estimate of drug-likeness (QED) is 0.329. The SMILES string of the molecule is O=CN(C[C@@H](CC1CCCC1)C(=O)N1[C@H](C(=O)Nc2ccc(F)cn2)CCN1C(=O)O)OCc1ccccc1. The number of hydrogen-bond acceptors (Lipinski definition) is 6. The van der Waals surface area contributed by atoms with Crippen LogP contribution in [0.4, 0.5) is 15.0 Å². The first-order valence-electron chi connectivity index (χ1n) is 13.0. The van der Waals surface area contributed by atoms with Crippen LogP contribution in [0.3, 0.4) is 0 Å². The lowest BCUT2D eigenvalue weighted by Gasteiger charge is -2.34. The largest absolute Gasteiger partial charge is 0.464 e. The summed E-state index contributed by atoms with van der Waals surface area (Å²) in [6.45, 7) is -0.0396. The first-order chi connectivity index (χ1) is 18.9. The third kappa shape index (κ3) is 7.29. The fraction of sp³-hybridized carbons (Fsp3) is 0.444. The monoisotopic (exact) mass is 541 g/mol. The van der Waals surface area contributed by atoms with Crippen LogP contribution < -0.4 is 5.32 Å². The Labute approximate surface area is 225 Å². The molecule has 2 aliphatic rings. The molecule has 12 heteroatoms. The van der Waals surface area contributed by atoms with Gasteiger partial charge in [-0.1, -0.05) is 56.0 Å². The Morgan fingerprint density at radius 1 is 1.15 bits per heavy atom. The molecule has 1 aliphatic heterocycles. The van der Waals surface area contributed by atoms with Crippen LogP contribution in [0.15, 0.2) is 48.7 Å². The van der Waals surface area contributed by atoms with Crippen molar-refractivity contribution in [3.05, 3.63) is 60.0 Å². The molecule has 4 rings (SSSR count). The van der Waals surface area contributed by atoms with Crippen molar-refractivity contribution in [2.24, 2.45) is 11.8 Å². The second-order valence-electron chi connectivity index (χ2n) is 9.79. The highest BCUT2D eigenvalue weighted by Crippen LogP contribution is 2.33. The molecule has 2 N–H and O–H groups in total. The number of hydrogen-bond donors (Lipinski definition) is 2. The van der Waals surface area contributed by atoms with E-state index in [1.165, 1.54) is 6.07 Å². The molecule has 0 radical (unpaired) electrons. The Morgan fingerprint density at radius 3 is 2.54 bits per heavy atom. The van der Waals surface area contributed by atoms with E-state index in [4.69, 9.17) is 4.84 Å². The van der Waals surface area contributed by atoms with Crippen molar-refractivity contribution in [1.29, 1.82) is 0 Å². The van der Waals surface area contributed by atoms with E-state index in [1.807, 2.05) is 30.3 Å². The Morgan fingerprint density at radius 2 is 1.90 bits per heavy atom. The minimum Gasteiger partial charge on any atom is -0.464 e. The van der Waals surface area contributed by atoms with Gasteiger partial charge in [-0.3, -0.25) is 19.2 Å². The van der Waals surface area contributed by atoms with Crippen molar-refractivity contribution < 1.29 is 33.5 Å². The molecule has 2 heterocycles. The van der Waals surface area contributed by atoms with E-state index in [9.17, 15) is 28.7 Å². The number of halogens is 1. The number of aromatic nitrogens is 1. The number of rotatable bonds is 11. The Bertz CT molecular complexity index is 1150. The van der Waals surface area contributed by atoms with Crippen LogP contribution in [0.1, 0.15) is 44.1 Å². The smallest absolute Gasteiger partial charge is 0.426 e. The highest BCUT2D eigenvalue weighted by atomic mass is 19.1. The van der Waals surface area contributed by atoms with E-state index in [1.54, 1.807) is 0 Å². The molecule has 1 saturated carbocycles. The van der Waals surface area contributed by atoms with Gasteiger partial charge in [-0.05, 0) is 36.5 Å². The van der Waals surface area contributed by atoms with Gasteiger partial charge in [-0.2, -0.15) is 0 Å². The van der Waals surface area contributed by atoms with Gasteiger partial charge in [0, 0.05) is 6.54 Å². The summed E-state index contributed by atoms with van der Waals surface area (Å²) in [4.78, 5) is 60.5. The standard InChI is InChI=1S/C27H32FN5O6/c28-22-10-11-24(29-15-22)30-25(35)23-12-13-32(27(37)38)33(23)26(36)21(14-19-6-4-5-7-19)16-31(18-34)39-17-20-8-2-1-3-9-20/h1-3,8-11,15,18-19,21,23H,4-7,12-14,16-17H2,(H,37,38)(H,29,30,35)/t21-,23+/m1/s1. The molecule has 1 aromatic carbocycles. The third-order valence-electron chi connectivity index (χ3n) is 7.10. The van der Waals surface area contributed by atoms with Crippen LogP contribution in [-0.4, -0.2) is 68.6 Å². The molecule has 0 unspecified atom stereocenters. The summed E-state index contributed by atoms with van der Waals surface area (Å²) < 4.78 is 13.2. The highest BCUT2D eigenvalue weighted by Gasteiger charge is 2.45. The zero-order chi connectivity index (χ0) is 27.8. The number of carbonyl (C=O) groups excluding carboxylic acids is 3. The molecular formula is C27H32FN5O6. The molecule has 0 spiro atoms. The minimum absolute atomic E-state index is 0.0615. The lowest BCUT2D eigenvalue weighted by Crippen LogP contribution is -2.54. The van der Waals surface area contributed by atoms with Gasteiger partial charge in [0.25, 0.3) is 5.91 Å². The van der Waals surface area contributed by atoms with Crippen molar-refractivity contribution in [1.82, 2.24) is 20.1 Å². The summed E-state index contributed by atoms with van der Waals surface area (Å²) in [7, 11) is 0. The molecule has 1 saturated heterocycles. The van der Waals surface area contributed by atoms with Gasteiger partial charge in [0.05, 0.1) is 18.7 Å². The number of anilines is 1. The van der Waals surface area contributed by atoms with Gasteiger partial charge in [-0.15, -0.1) is 0 Å². The second kappa shape index (κ2) is 13.1. The number of benzene rings is 1. The number of amides is 4. The molecule has 208 valence electrons. The van der Waals surface area contributed by atoms with Crippen molar-refractivity contribution in [2.45, 2.75) is 51.2 Å². The maximum Gasteiger partial charge on any atom is 0.426 e. The molecule has 0 bridgehead atoms. The summed E-state index contributed by atoms with van der Waals surface area (Å²) in [6.07, 6.45) is 4.50. The van der Waals surface area contributed by atoms with Gasteiger partial charge >= 0.3 is 6.09 Å². The molecule has 1 aliphatic carbocycles. The summed E-state index contributed by atoms with van der Waals surface area (Å²) >= 11 is 0. The van der Waals surface area contributed by atoms with E-state index in [0.717, 1.165) is 58.6 Å². The van der Waals surface area contributed by atoms with Crippen molar-refractivity contribution in [2.75, 3.05) is 18.4 Å².